The molecule has 4 rings (SSSR count). The predicted octanol–water partition coefficient (Wildman–Crippen LogP) is 3.42. The number of carbonyl (C=O) groups excluding carboxylic acids is 2. The first-order chi connectivity index (χ1) is 16.0. The normalized spacial score (nSPS) is 22.6. The second kappa shape index (κ2) is 10.4. The van der Waals surface area contributed by atoms with Crippen LogP contribution in [-0.4, -0.2) is 46.9 Å². The van der Waals surface area contributed by atoms with E-state index in [-0.39, 0.29) is 41.0 Å². The van der Waals surface area contributed by atoms with Gasteiger partial charge < -0.3 is 10.1 Å². The van der Waals surface area contributed by atoms with Crippen LogP contribution in [0.5, 0.6) is 5.75 Å². The number of rotatable bonds is 7. The molecule has 0 radical (unpaired) electrons. The minimum absolute atomic E-state index is 0.0178. The van der Waals surface area contributed by atoms with Gasteiger partial charge in [0.05, 0.1) is 24.6 Å². The molecule has 1 saturated heterocycles. The zero-order chi connectivity index (χ0) is 23.4. The summed E-state index contributed by atoms with van der Waals surface area (Å²) >= 11 is 1.34. The van der Waals surface area contributed by atoms with Crippen LogP contribution in [0.4, 0.5) is 4.39 Å². The molecule has 2 aliphatic heterocycles. The molecule has 33 heavy (non-hydrogen) atoms. The Morgan fingerprint density at radius 2 is 1.91 bits per heavy atom. The number of nitrogens with zero attached hydrogens (tertiary/aromatic N) is 2. The number of halogens is 1. The SMILES string of the molecule is CCC1CC(=O)NC(SCC(=O)N2N=C(c3ccc(OC)cc3)CC2c2ccc(F)cc2)N1. The monoisotopic (exact) mass is 470 g/mol. The van der Waals surface area contributed by atoms with Crippen molar-refractivity contribution in [1.82, 2.24) is 15.6 Å². The standard InChI is InChI=1S/C24H27FN4O3S/c1-3-18-12-22(30)27-24(26-18)33-14-23(31)29-21(16-4-8-17(25)9-5-16)13-20(28-29)15-6-10-19(32-2)11-7-15/h4-11,18,21,24,26H,3,12-14H2,1-2H3,(H,27,30). The molecular formula is C24H27FN4O3S. The highest BCUT2D eigenvalue weighted by molar-refractivity contribution is 8.00. The van der Waals surface area contributed by atoms with E-state index < -0.39 is 0 Å². The first kappa shape index (κ1) is 23.3. The second-order valence-electron chi connectivity index (χ2n) is 8.02. The van der Waals surface area contributed by atoms with Gasteiger partial charge in [-0.05, 0) is 53.9 Å². The Morgan fingerprint density at radius 3 is 2.58 bits per heavy atom. The third-order valence-corrected chi connectivity index (χ3v) is 6.82. The molecule has 0 aromatic heterocycles. The lowest BCUT2D eigenvalue weighted by molar-refractivity contribution is -0.130. The first-order valence-electron chi connectivity index (χ1n) is 10.9. The number of hydrogen-bond acceptors (Lipinski definition) is 6. The molecule has 9 heteroatoms. The number of carbonyl (C=O) groups is 2. The summed E-state index contributed by atoms with van der Waals surface area (Å²) in [6.45, 7) is 2.02. The van der Waals surface area contributed by atoms with Crippen molar-refractivity contribution in [3.8, 4) is 5.75 Å². The average Bonchev–Trinajstić information content (AvgIpc) is 3.28. The summed E-state index contributed by atoms with van der Waals surface area (Å²) in [5, 5.41) is 12.4. The number of benzene rings is 2. The number of hydrazone groups is 1. The highest BCUT2D eigenvalue weighted by Gasteiger charge is 2.34. The third kappa shape index (κ3) is 5.54. The molecule has 0 spiro atoms. The summed E-state index contributed by atoms with van der Waals surface area (Å²) in [5.41, 5.74) is 2.17. The van der Waals surface area contributed by atoms with Gasteiger partial charge in [-0.25, -0.2) is 9.40 Å². The van der Waals surface area contributed by atoms with Gasteiger partial charge in [-0.15, -0.1) is 11.8 Å². The van der Waals surface area contributed by atoms with Crippen molar-refractivity contribution in [3.05, 3.63) is 65.5 Å². The van der Waals surface area contributed by atoms with Crippen molar-refractivity contribution in [2.45, 2.75) is 43.8 Å². The first-order valence-corrected chi connectivity index (χ1v) is 12.0. The Bertz CT molecular complexity index is 1030. The molecule has 2 aliphatic rings. The Hall–Kier alpha value is -2.91. The molecule has 2 aromatic carbocycles. The van der Waals surface area contributed by atoms with Crippen molar-refractivity contribution in [2.75, 3.05) is 12.9 Å². The fourth-order valence-corrected chi connectivity index (χ4v) is 4.90. The molecule has 2 amide bonds. The lowest BCUT2D eigenvalue weighted by atomic mass is 9.98. The maximum absolute atomic E-state index is 13.5. The zero-order valence-electron chi connectivity index (χ0n) is 18.6. The Morgan fingerprint density at radius 1 is 1.18 bits per heavy atom. The number of thioether (sulfide) groups is 1. The molecule has 174 valence electrons. The molecule has 2 aromatic rings. The largest absolute Gasteiger partial charge is 0.497 e. The van der Waals surface area contributed by atoms with Crippen molar-refractivity contribution in [2.24, 2.45) is 5.10 Å². The van der Waals surface area contributed by atoms with Crippen LogP contribution in [0.2, 0.25) is 0 Å². The zero-order valence-corrected chi connectivity index (χ0v) is 19.4. The van der Waals surface area contributed by atoms with Crippen LogP contribution in [0, 0.1) is 5.82 Å². The van der Waals surface area contributed by atoms with E-state index in [0.717, 1.165) is 29.0 Å². The topological polar surface area (TPSA) is 83.0 Å². The van der Waals surface area contributed by atoms with Crippen molar-refractivity contribution >= 4 is 29.3 Å². The van der Waals surface area contributed by atoms with Gasteiger partial charge in [0.15, 0.2) is 0 Å². The van der Waals surface area contributed by atoms with Crippen LogP contribution in [0.3, 0.4) is 0 Å². The highest BCUT2D eigenvalue weighted by Crippen LogP contribution is 2.34. The quantitative estimate of drug-likeness (QED) is 0.648. The number of hydrogen-bond donors (Lipinski definition) is 2. The smallest absolute Gasteiger partial charge is 0.253 e. The van der Waals surface area contributed by atoms with Gasteiger partial charge in [0.1, 0.15) is 17.1 Å². The van der Waals surface area contributed by atoms with Gasteiger partial charge in [-0.3, -0.25) is 14.9 Å². The van der Waals surface area contributed by atoms with E-state index in [4.69, 9.17) is 4.74 Å². The third-order valence-electron chi connectivity index (χ3n) is 5.82. The molecule has 0 aliphatic carbocycles. The molecule has 0 saturated carbocycles. The second-order valence-corrected chi connectivity index (χ2v) is 9.11. The Kier molecular flexibility index (Phi) is 7.29. The summed E-state index contributed by atoms with van der Waals surface area (Å²) in [7, 11) is 1.61. The summed E-state index contributed by atoms with van der Waals surface area (Å²) < 4.78 is 18.7. The molecule has 3 unspecified atom stereocenters. The molecule has 1 fully saturated rings. The molecule has 3 atom stereocenters. The summed E-state index contributed by atoms with van der Waals surface area (Å²) in [6, 6.07) is 13.5. The number of ether oxygens (including phenoxy) is 1. The summed E-state index contributed by atoms with van der Waals surface area (Å²) in [5.74, 6) is 0.365. The van der Waals surface area contributed by atoms with Crippen LogP contribution >= 0.6 is 11.8 Å². The lowest BCUT2D eigenvalue weighted by Crippen LogP contribution is -2.54. The van der Waals surface area contributed by atoms with E-state index >= 15 is 0 Å². The fraction of sp³-hybridized carbons (Fsp3) is 0.375. The van der Waals surface area contributed by atoms with Crippen molar-refractivity contribution in [3.63, 3.8) is 0 Å². The Balaban J connectivity index is 1.51. The van der Waals surface area contributed by atoms with Crippen LogP contribution in [-0.2, 0) is 9.59 Å². The predicted molar refractivity (Wildman–Crippen MR) is 126 cm³/mol. The van der Waals surface area contributed by atoms with Gasteiger partial charge in [0.25, 0.3) is 5.91 Å². The van der Waals surface area contributed by atoms with Crippen LogP contribution in [0.1, 0.15) is 43.4 Å². The van der Waals surface area contributed by atoms with Gasteiger partial charge in [0, 0.05) is 18.9 Å². The Labute approximate surface area is 196 Å². The van der Waals surface area contributed by atoms with Gasteiger partial charge in [-0.2, -0.15) is 5.10 Å². The maximum Gasteiger partial charge on any atom is 0.253 e. The maximum atomic E-state index is 13.5. The van der Waals surface area contributed by atoms with Crippen molar-refractivity contribution < 1.29 is 18.7 Å². The van der Waals surface area contributed by atoms with Crippen LogP contribution < -0.4 is 15.4 Å². The van der Waals surface area contributed by atoms with Gasteiger partial charge in [-0.1, -0.05) is 19.1 Å². The molecule has 7 nitrogen and oxygen atoms in total. The molecule has 0 bridgehead atoms. The van der Waals surface area contributed by atoms with Crippen molar-refractivity contribution in [1.29, 1.82) is 0 Å². The average molecular weight is 471 g/mol. The summed E-state index contributed by atoms with van der Waals surface area (Å²) in [4.78, 5) is 25.1. The number of methoxy groups -OCH3 is 1. The summed E-state index contributed by atoms with van der Waals surface area (Å²) in [6.07, 6.45) is 1.80. The number of nitrogens with one attached hydrogen (secondary N) is 2. The lowest BCUT2D eigenvalue weighted by Gasteiger charge is -2.31. The van der Waals surface area contributed by atoms with Crippen LogP contribution in [0.25, 0.3) is 0 Å². The molecule has 2 heterocycles. The molecular weight excluding hydrogens is 443 g/mol. The highest BCUT2D eigenvalue weighted by atomic mass is 32.2. The van der Waals surface area contributed by atoms with E-state index in [0.29, 0.717) is 12.8 Å². The molecule has 2 N–H and O–H groups in total. The minimum atomic E-state index is -0.328. The minimum Gasteiger partial charge on any atom is -0.497 e. The van der Waals surface area contributed by atoms with E-state index in [1.807, 2.05) is 31.2 Å². The van der Waals surface area contributed by atoms with E-state index in [2.05, 4.69) is 15.7 Å². The van der Waals surface area contributed by atoms with E-state index in [1.54, 1.807) is 19.2 Å². The van der Waals surface area contributed by atoms with E-state index in [1.165, 1.54) is 28.9 Å². The van der Waals surface area contributed by atoms with Gasteiger partial charge in [0.2, 0.25) is 5.91 Å². The van der Waals surface area contributed by atoms with E-state index in [9.17, 15) is 14.0 Å². The fourth-order valence-electron chi connectivity index (χ4n) is 3.96. The van der Waals surface area contributed by atoms with Crippen LogP contribution in [0.15, 0.2) is 53.6 Å². The van der Waals surface area contributed by atoms with Gasteiger partial charge >= 0.3 is 0 Å². The number of amides is 2.